The van der Waals surface area contributed by atoms with Gasteiger partial charge in [0.1, 0.15) is 5.82 Å². The van der Waals surface area contributed by atoms with Gasteiger partial charge in [-0.1, -0.05) is 0 Å². The highest BCUT2D eigenvalue weighted by molar-refractivity contribution is 14.1. The third kappa shape index (κ3) is 3.79. The number of hydrogen-bond acceptors (Lipinski definition) is 2. The second-order valence-corrected chi connectivity index (χ2v) is 4.96. The first-order chi connectivity index (χ1) is 6.38. The van der Waals surface area contributed by atoms with Crippen molar-refractivity contribution in [2.75, 3.05) is 11.9 Å². The molecule has 4 heteroatoms. The topological polar surface area (TPSA) is 32.3 Å². The Morgan fingerprint density at radius 2 is 2.14 bits per heavy atom. The average molecular weight is 309 g/mol. The summed E-state index contributed by atoms with van der Waals surface area (Å²) < 4.78 is 13.7. The molecule has 1 aromatic rings. The third-order valence-corrected chi connectivity index (χ3v) is 2.52. The lowest BCUT2D eigenvalue weighted by atomic mass is 10.1. The van der Waals surface area contributed by atoms with Gasteiger partial charge in [-0.3, -0.25) is 0 Å². The molecule has 0 aliphatic carbocycles. The van der Waals surface area contributed by atoms with Crippen LogP contribution in [0.15, 0.2) is 18.2 Å². The zero-order valence-corrected chi connectivity index (χ0v) is 10.3. The fourth-order valence-corrected chi connectivity index (χ4v) is 1.26. The van der Waals surface area contributed by atoms with Gasteiger partial charge in [0, 0.05) is 15.8 Å². The van der Waals surface area contributed by atoms with Gasteiger partial charge in [0.05, 0.1) is 5.60 Å². The van der Waals surface area contributed by atoms with Gasteiger partial charge in [0.2, 0.25) is 0 Å². The molecular weight excluding hydrogens is 296 g/mol. The van der Waals surface area contributed by atoms with E-state index in [4.69, 9.17) is 0 Å². The van der Waals surface area contributed by atoms with E-state index in [2.05, 4.69) is 5.32 Å². The van der Waals surface area contributed by atoms with Crippen molar-refractivity contribution in [1.29, 1.82) is 0 Å². The van der Waals surface area contributed by atoms with Gasteiger partial charge in [0.15, 0.2) is 0 Å². The summed E-state index contributed by atoms with van der Waals surface area (Å²) in [6, 6.07) is 4.91. The molecule has 0 radical (unpaired) electrons. The van der Waals surface area contributed by atoms with E-state index >= 15 is 0 Å². The maximum absolute atomic E-state index is 13.1. The number of rotatable bonds is 3. The van der Waals surface area contributed by atoms with Crippen molar-refractivity contribution < 1.29 is 9.50 Å². The number of hydrogen-bond donors (Lipinski definition) is 2. The van der Waals surface area contributed by atoms with E-state index in [1.54, 1.807) is 26.0 Å². The lowest BCUT2D eigenvalue weighted by Gasteiger charge is -2.18. The predicted molar refractivity (Wildman–Crippen MR) is 63.9 cm³/mol. The van der Waals surface area contributed by atoms with E-state index < -0.39 is 5.60 Å². The molecule has 0 aliphatic rings. The summed E-state index contributed by atoms with van der Waals surface area (Å²) in [5.41, 5.74) is -0.107. The second kappa shape index (κ2) is 4.44. The minimum Gasteiger partial charge on any atom is -0.389 e. The highest BCUT2D eigenvalue weighted by Crippen LogP contribution is 2.16. The molecule has 2 nitrogen and oxygen atoms in total. The van der Waals surface area contributed by atoms with Crippen molar-refractivity contribution in [3.05, 3.63) is 27.6 Å². The molecule has 78 valence electrons. The summed E-state index contributed by atoms with van der Waals surface area (Å²) in [5.74, 6) is -0.244. The van der Waals surface area contributed by atoms with Gasteiger partial charge >= 0.3 is 0 Å². The van der Waals surface area contributed by atoms with Gasteiger partial charge in [-0.25, -0.2) is 4.39 Å². The molecule has 1 rings (SSSR count). The molecule has 0 aromatic heterocycles. The van der Waals surface area contributed by atoms with Crippen molar-refractivity contribution in [3.63, 3.8) is 0 Å². The van der Waals surface area contributed by atoms with E-state index in [0.717, 1.165) is 0 Å². The van der Waals surface area contributed by atoms with Crippen LogP contribution in [0.5, 0.6) is 0 Å². The Morgan fingerprint density at radius 1 is 1.50 bits per heavy atom. The first kappa shape index (κ1) is 11.7. The molecule has 0 aliphatic heterocycles. The Morgan fingerprint density at radius 3 is 2.64 bits per heavy atom. The number of halogens is 2. The van der Waals surface area contributed by atoms with Crippen molar-refractivity contribution in [1.82, 2.24) is 0 Å². The zero-order valence-electron chi connectivity index (χ0n) is 8.14. The van der Waals surface area contributed by atoms with Crippen LogP contribution in [0.3, 0.4) is 0 Å². The lowest BCUT2D eigenvalue weighted by molar-refractivity contribution is 0.0945. The van der Waals surface area contributed by atoms with E-state index in [0.29, 0.717) is 15.8 Å². The average Bonchev–Trinajstić information content (AvgIpc) is 2.06. The molecule has 0 bridgehead atoms. The summed E-state index contributed by atoms with van der Waals surface area (Å²) in [7, 11) is 0. The third-order valence-electron chi connectivity index (χ3n) is 1.64. The van der Waals surface area contributed by atoms with E-state index in [-0.39, 0.29) is 5.82 Å². The smallest absolute Gasteiger partial charge is 0.138 e. The summed E-state index contributed by atoms with van der Waals surface area (Å²) >= 11 is 1.93. The summed E-state index contributed by atoms with van der Waals surface area (Å²) in [6.45, 7) is 3.79. The molecule has 0 unspecified atom stereocenters. The van der Waals surface area contributed by atoms with Crippen molar-refractivity contribution in [3.8, 4) is 0 Å². The van der Waals surface area contributed by atoms with Crippen LogP contribution in [0.2, 0.25) is 0 Å². The Labute approximate surface area is 96.7 Å². The summed E-state index contributed by atoms with van der Waals surface area (Å²) in [6.07, 6.45) is 0. The van der Waals surface area contributed by atoms with Crippen molar-refractivity contribution in [2.24, 2.45) is 0 Å². The molecule has 0 atom stereocenters. The predicted octanol–water partition coefficient (Wildman–Crippen LogP) is 2.61. The molecule has 14 heavy (non-hydrogen) atoms. The van der Waals surface area contributed by atoms with Crippen LogP contribution >= 0.6 is 22.6 Å². The lowest BCUT2D eigenvalue weighted by Crippen LogP contribution is -2.29. The minimum absolute atomic E-state index is 0.244. The van der Waals surface area contributed by atoms with Crippen LogP contribution in [-0.4, -0.2) is 17.3 Å². The molecule has 2 N–H and O–H groups in total. The van der Waals surface area contributed by atoms with Gasteiger partial charge in [-0.2, -0.15) is 0 Å². The first-order valence-corrected chi connectivity index (χ1v) is 5.38. The molecule has 0 spiro atoms. The molecule has 0 heterocycles. The van der Waals surface area contributed by atoms with E-state index in [1.165, 1.54) is 6.07 Å². The van der Waals surface area contributed by atoms with Crippen LogP contribution < -0.4 is 5.32 Å². The zero-order chi connectivity index (χ0) is 10.8. The van der Waals surface area contributed by atoms with Crippen LogP contribution in [0.1, 0.15) is 13.8 Å². The summed E-state index contributed by atoms with van der Waals surface area (Å²) in [5, 5.41) is 12.4. The summed E-state index contributed by atoms with van der Waals surface area (Å²) in [4.78, 5) is 0. The largest absolute Gasteiger partial charge is 0.389 e. The Hall–Kier alpha value is -0.360. The van der Waals surface area contributed by atoms with Crippen molar-refractivity contribution in [2.45, 2.75) is 19.4 Å². The minimum atomic E-state index is -0.792. The van der Waals surface area contributed by atoms with Crippen LogP contribution in [0.4, 0.5) is 10.1 Å². The quantitative estimate of drug-likeness (QED) is 0.841. The van der Waals surface area contributed by atoms with Gasteiger partial charge in [-0.05, 0) is 54.6 Å². The highest BCUT2D eigenvalue weighted by Gasteiger charge is 2.11. The van der Waals surface area contributed by atoms with Gasteiger partial charge < -0.3 is 10.4 Å². The van der Waals surface area contributed by atoms with Crippen LogP contribution in [0.25, 0.3) is 0 Å². The maximum atomic E-state index is 13.1. The van der Waals surface area contributed by atoms with E-state index in [1.807, 2.05) is 22.6 Å². The monoisotopic (exact) mass is 309 g/mol. The molecule has 0 saturated heterocycles. The van der Waals surface area contributed by atoms with Gasteiger partial charge in [-0.15, -0.1) is 0 Å². The standard InChI is InChI=1S/C10H13FINO/c1-10(2,14)6-13-7-3-4-9(12)8(11)5-7/h3-5,13-14H,6H2,1-2H3. The van der Waals surface area contributed by atoms with Gasteiger partial charge in [0.25, 0.3) is 0 Å². The molecule has 0 saturated carbocycles. The number of benzene rings is 1. The van der Waals surface area contributed by atoms with Crippen LogP contribution in [-0.2, 0) is 0 Å². The molecule has 1 aromatic carbocycles. The first-order valence-electron chi connectivity index (χ1n) is 4.30. The SMILES string of the molecule is CC(C)(O)CNc1ccc(I)c(F)c1. The second-order valence-electron chi connectivity index (χ2n) is 3.79. The van der Waals surface area contributed by atoms with Crippen molar-refractivity contribution >= 4 is 28.3 Å². The Bertz CT molecular complexity index is 322. The Kier molecular flexibility index (Phi) is 3.71. The van der Waals surface area contributed by atoms with Crippen LogP contribution in [0, 0.1) is 9.39 Å². The Balaban J connectivity index is 2.65. The fourth-order valence-electron chi connectivity index (χ4n) is 0.924. The molecule has 0 amide bonds. The number of anilines is 1. The molecule has 0 fully saturated rings. The van der Waals surface area contributed by atoms with E-state index in [9.17, 15) is 9.50 Å². The molecular formula is C10H13FINO. The number of aliphatic hydroxyl groups is 1. The maximum Gasteiger partial charge on any atom is 0.138 e. The fraction of sp³-hybridized carbons (Fsp3) is 0.400. The number of nitrogens with one attached hydrogen (secondary N) is 1. The normalized spacial score (nSPS) is 11.5. The highest BCUT2D eigenvalue weighted by atomic mass is 127.